The summed E-state index contributed by atoms with van der Waals surface area (Å²) in [5, 5.41) is 0.698. The Balaban J connectivity index is 2.06. The maximum absolute atomic E-state index is 12.5. The van der Waals surface area contributed by atoms with Gasteiger partial charge in [-0.05, 0) is 36.4 Å². The van der Waals surface area contributed by atoms with Crippen LogP contribution in [0.3, 0.4) is 0 Å². The first-order valence-electron chi connectivity index (χ1n) is 6.10. The Labute approximate surface area is 151 Å². The van der Waals surface area contributed by atoms with Crippen LogP contribution in [0.15, 0.2) is 50.6 Å². The number of carbonyl (C=O) groups is 1. The van der Waals surface area contributed by atoms with Crippen LogP contribution < -0.4 is 0 Å². The van der Waals surface area contributed by atoms with Gasteiger partial charge in [0.05, 0.1) is 10.0 Å². The molecule has 3 rings (SSSR count). The Morgan fingerprint density at radius 1 is 1.00 bits per heavy atom. The third-order valence-corrected chi connectivity index (χ3v) is 6.55. The van der Waals surface area contributed by atoms with Crippen molar-refractivity contribution in [3.8, 4) is 0 Å². The molecule has 0 fully saturated rings. The van der Waals surface area contributed by atoms with Gasteiger partial charge >= 0.3 is 0 Å². The maximum atomic E-state index is 12.5. The number of thioether (sulfide) groups is 1. The third-order valence-electron chi connectivity index (χ3n) is 2.97. The normalized spacial score (nSPS) is 15.7. The maximum Gasteiger partial charge on any atom is 0.284 e. The van der Waals surface area contributed by atoms with Crippen molar-refractivity contribution in [3.63, 3.8) is 0 Å². The fourth-order valence-electron chi connectivity index (χ4n) is 1.90. The van der Waals surface area contributed by atoms with E-state index in [4.69, 9.17) is 34.8 Å². The van der Waals surface area contributed by atoms with Gasteiger partial charge in [0.1, 0.15) is 4.90 Å². The quantitative estimate of drug-likeness (QED) is 0.677. The van der Waals surface area contributed by atoms with Crippen molar-refractivity contribution in [3.05, 3.63) is 57.0 Å². The van der Waals surface area contributed by atoms with Crippen LogP contribution in [0.4, 0.5) is 0 Å². The second-order valence-corrected chi connectivity index (χ2v) is 8.38. The summed E-state index contributed by atoms with van der Waals surface area (Å²) < 4.78 is 28.0. The summed E-state index contributed by atoms with van der Waals surface area (Å²) >= 11 is 18.5. The molecule has 0 aliphatic carbocycles. The molecular formula is C14H6Cl3NO3S2. The van der Waals surface area contributed by atoms with Crippen LogP contribution in [0.2, 0.25) is 15.1 Å². The minimum absolute atomic E-state index is 0.0255. The van der Waals surface area contributed by atoms with Crippen molar-refractivity contribution in [1.29, 1.82) is 0 Å². The van der Waals surface area contributed by atoms with Crippen molar-refractivity contribution in [2.24, 2.45) is 4.40 Å². The first-order valence-corrected chi connectivity index (χ1v) is 9.49. The topological polar surface area (TPSA) is 63.6 Å². The monoisotopic (exact) mass is 405 g/mol. The molecular weight excluding hydrogens is 401 g/mol. The van der Waals surface area contributed by atoms with E-state index in [1.54, 1.807) is 0 Å². The highest BCUT2D eigenvalue weighted by Gasteiger charge is 2.30. The Hall–Kier alpha value is -1.05. The number of Topliss-reactive ketones (excluding diaryl/α,β-unsaturated/α-hetero) is 1. The molecule has 0 atom stereocenters. The van der Waals surface area contributed by atoms with Gasteiger partial charge in [-0.3, -0.25) is 4.79 Å². The summed E-state index contributed by atoms with van der Waals surface area (Å²) in [5.41, 5.74) is 0.200. The van der Waals surface area contributed by atoms with Gasteiger partial charge in [0.2, 0.25) is 5.78 Å². The van der Waals surface area contributed by atoms with E-state index < -0.39 is 15.8 Å². The molecule has 0 saturated heterocycles. The lowest BCUT2D eigenvalue weighted by atomic mass is 10.1. The van der Waals surface area contributed by atoms with Gasteiger partial charge in [0.25, 0.3) is 10.0 Å². The zero-order chi connectivity index (χ0) is 16.8. The summed E-state index contributed by atoms with van der Waals surface area (Å²) in [4.78, 5) is 12.9. The van der Waals surface area contributed by atoms with Gasteiger partial charge in [-0.1, -0.05) is 46.6 Å². The molecule has 0 amide bonds. The number of benzene rings is 2. The summed E-state index contributed by atoms with van der Waals surface area (Å²) in [6.07, 6.45) is 0. The van der Waals surface area contributed by atoms with E-state index in [1.807, 2.05) is 0 Å². The molecule has 0 aromatic heterocycles. The van der Waals surface area contributed by atoms with Gasteiger partial charge in [0, 0.05) is 15.5 Å². The molecule has 2 aromatic rings. The highest BCUT2D eigenvalue weighted by Crippen LogP contribution is 2.37. The number of hydrogen-bond donors (Lipinski definition) is 0. The number of carbonyl (C=O) groups excluding carboxylic acids is 1. The Morgan fingerprint density at radius 2 is 1.74 bits per heavy atom. The van der Waals surface area contributed by atoms with Crippen molar-refractivity contribution < 1.29 is 13.2 Å². The number of fused-ring (bicyclic) bond motifs is 1. The summed E-state index contributed by atoms with van der Waals surface area (Å²) in [6, 6.07) is 8.60. The van der Waals surface area contributed by atoms with Crippen LogP contribution >= 0.6 is 46.6 Å². The summed E-state index contributed by atoms with van der Waals surface area (Å²) in [7, 11) is -3.95. The van der Waals surface area contributed by atoms with Crippen LogP contribution in [-0.4, -0.2) is 19.2 Å². The van der Waals surface area contributed by atoms with Gasteiger partial charge in [-0.25, -0.2) is 0 Å². The van der Waals surface area contributed by atoms with Gasteiger partial charge < -0.3 is 0 Å². The molecule has 23 heavy (non-hydrogen) atoms. The predicted octanol–water partition coefficient (Wildman–Crippen LogP) is 4.72. The molecule has 118 valence electrons. The van der Waals surface area contributed by atoms with Gasteiger partial charge in [0.15, 0.2) is 5.04 Å². The highest BCUT2D eigenvalue weighted by atomic mass is 35.5. The first kappa shape index (κ1) is 16.8. The fraction of sp³-hybridized carbons (Fsp3) is 0. The number of hydrogen-bond acceptors (Lipinski definition) is 4. The third kappa shape index (κ3) is 3.27. The average molecular weight is 407 g/mol. The molecule has 2 aromatic carbocycles. The second kappa shape index (κ2) is 6.11. The average Bonchev–Trinajstić information content (AvgIpc) is 2.48. The number of sulfonamides is 1. The van der Waals surface area contributed by atoms with Crippen LogP contribution in [0.1, 0.15) is 10.4 Å². The molecule has 0 N–H and O–H groups in total. The van der Waals surface area contributed by atoms with E-state index in [2.05, 4.69) is 4.40 Å². The van der Waals surface area contributed by atoms with E-state index in [-0.39, 0.29) is 20.5 Å². The van der Waals surface area contributed by atoms with Crippen molar-refractivity contribution in [2.75, 3.05) is 0 Å². The van der Waals surface area contributed by atoms with Crippen molar-refractivity contribution in [1.82, 2.24) is 0 Å². The largest absolute Gasteiger partial charge is 0.286 e. The number of ketones is 1. The smallest absolute Gasteiger partial charge is 0.284 e. The molecule has 1 aliphatic heterocycles. The molecule has 1 aliphatic rings. The molecule has 4 nitrogen and oxygen atoms in total. The van der Waals surface area contributed by atoms with E-state index >= 15 is 0 Å². The van der Waals surface area contributed by atoms with E-state index in [0.717, 1.165) is 11.8 Å². The van der Waals surface area contributed by atoms with E-state index in [0.29, 0.717) is 14.9 Å². The molecule has 0 saturated carbocycles. The predicted molar refractivity (Wildman–Crippen MR) is 92.7 cm³/mol. The Bertz CT molecular complexity index is 971. The molecule has 0 spiro atoms. The van der Waals surface area contributed by atoms with Crippen LogP contribution in [0.5, 0.6) is 0 Å². The van der Waals surface area contributed by atoms with Crippen LogP contribution in [0.25, 0.3) is 0 Å². The van der Waals surface area contributed by atoms with Crippen molar-refractivity contribution in [2.45, 2.75) is 9.79 Å². The fourth-order valence-corrected chi connectivity index (χ4v) is 5.05. The van der Waals surface area contributed by atoms with Crippen LogP contribution in [0, 0.1) is 0 Å². The summed E-state index contributed by atoms with van der Waals surface area (Å²) in [5.74, 6) is -0.553. The first-order chi connectivity index (χ1) is 10.8. The van der Waals surface area contributed by atoms with E-state index in [1.165, 1.54) is 36.4 Å². The van der Waals surface area contributed by atoms with Crippen LogP contribution in [-0.2, 0) is 10.0 Å². The lowest BCUT2D eigenvalue weighted by Gasteiger charge is -2.15. The highest BCUT2D eigenvalue weighted by molar-refractivity contribution is 8.17. The SMILES string of the molecule is O=C(C1=NS(=O)(=O)c2ccc(Cl)cc2S1)c1ccc(Cl)c(Cl)c1. The molecule has 0 radical (unpaired) electrons. The molecule has 0 unspecified atom stereocenters. The second-order valence-electron chi connectivity index (χ2n) is 4.52. The minimum Gasteiger partial charge on any atom is -0.286 e. The zero-order valence-electron chi connectivity index (χ0n) is 11.1. The molecule has 0 bridgehead atoms. The lowest BCUT2D eigenvalue weighted by molar-refractivity contribution is 0.106. The number of nitrogens with zero attached hydrogens (tertiary/aromatic N) is 1. The Kier molecular flexibility index (Phi) is 4.46. The van der Waals surface area contributed by atoms with E-state index in [9.17, 15) is 13.2 Å². The number of rotatable bonds is 2. The zero-order valence-corrected chi connectivity index (χ0v) is 15.0. The lowest BCUT2D eigenvalue weighted by Crippen LogP contribution is -2.17. The van der Waals surface area contributed by atoms with Gasteiger partial charge in [-0.15, -0.1) is 4.40 Å². The molecule has 1 heterocycles. The van der Waals surface area contributed by atoms with Gasteiger partial charge in [-0.2, -0.15) is 8.42 Å². The molecule has 9 heteroatoms. The standard InChI is InChI=1S/C14H6Cl3NO3S2/c15-8-2-4-12-11(6-8)22-14(18-23(12,20)21)13(19)7-1-3-9(16)10(17)5-7/h1-6H. The summed E-state index contributed by atoms with van der Waals surface area (Å²) in [6.45, 7) is 0. The van der Waals surface area contributed by atoms with Crippen molar-refractivity contribution >= 4 is 67.4 Å². The minimum atomic E-state index is -3.95. The number of halogens is 3. The Morgan fingerprint density at radius 3 is 2.43 bits per heavy atom.